The molecule has 0 aromatic carbocycles. The largest absolute Gasteiger partial charge is 0.478 e. The molecule has 0 saturated heterocycles. The first-order valence-electron chi connectivity index (χ1n) is 4.49. The van der Waals surface area contributed by atoms with Crippen LogP contribution in [0.15, 0.2) is 18.3 Å². The second-order valence-electron chi connectivity index (χ2n) is 3.13. The SMILES string of the molecule is O=C(O)C=Cc1cnc2c(c1)NC(=O)CO2. The minimum absolute atomic E-state index is 0.0513. The number of carboxylic acids is 1. The van der Waals surface area contributed by atoms with Gasteiger partial charge in [0.05, 0.1) is 0 Å². The van der Waals surface area contributed by atoms with Gasteiger partial charge in [0.15, 0.2) is 6.61 Å². The van der Waals surface area contributed by atoms with Crippen LogP contribution < -0.4 is 10.1 Å². The lowest BCUT2D eigenvalue weighted by atomic mass is 10.2. The Bertz CT molecular complexity index is 482. The molecule has 1 aliphatic rings. The third kappa shape index (κ3) is 2.17. The number of nitrogens with one attached hydrogen (secondary N) is 1. The van der Waals surface area contributed by atoms with Crippen molar-refractivity contribution in [3.8, 4) is 5.88 Å². The first-order chi connectivity index (χ1) is 7.65. The van der Waals surface area contributed by atoms with E-state index in [0.29, 0.717) is 17.1 Å². The van der Waals surface area contributed by atoms with Crippen molar-refractivity contribution >= 4 is 23.6 Å². The van der Waals surface area contributed by atoms with Crippen LogP contribution in [0.4, 0.5) is 5.69 Å². The number of ether oxygens (including phenoxy) is 1. The summed E-state index contributed by atoms with van der Waals surface area (Å²) in [6.07, 6.45) is 3.85. The normalized spacial score (nSPS) is 14.1. The van der Waals surface area contributed by atoms with Crippen LogP contribution >= 0.6 is 0 Å². The second kappa shape index (κ2) is 4.01. The predicted octanol–water partition coefficient (Wildman–Crippen LogP) is 0.510. The zero-order valence-corrected chi connectivity index (χ0v) is 8.14. The van der Waals surface area contributed by atoms with Gasteiger partial charge in [-0.15, -0.1) is 0 Å². The molecule has 0 atom stereocenters. The van der Waals surface area contributed by atoms with E-state index in [-0.39, 0.29) is 12.5 Å². The summed E-state index contributed by atoms with van der Waals surface area (Å²) < 4.78 is 5.05. The average molecular weight is 220 g/mol. The minimum atomic E-state index is -1.04. The van der Waals surface area contributed by atoms with E-state index < -0.39 is 5.97 Å². The van der Waals surface area contributed by atoms with E-state index in [1.807, 2.05) is 0 Å². The Hall–Kier alpha value is -2.37. The highest BCUT2D eigenvalue weighted by Gasteiger charge is 2.16. The molecule has 16 heavy (non-hydrogen) atoms. The van der Waals surface area contributed by atoms with Gasteiger partial charge in [-0.05, 0) is 17.7 Å². The van der Waals surface area contributed by atoms with Crippen molar-refractivity contribution in [1.29, 1.82) is 0 Å². The standard InChI is InChI=1S/C10H8N2O4/c13-8-5-16-10-7(12-8)3-6(4-11-10)1-2-9(14)15/h1-4H,5H2,(H,12,13)(H,14,15). The van der Waals surface area contributed by atoms with Gasteiger partial charge in [-0.25, -0.2) is 9.78 Å². The molecule has 0 aliphatic carbocycles. The summed E-state index contributed by atoms with van der Waals surface area (Å²) in [5.41, 5.74) is 1.02. The number of carbonyl (C=O) groups excluding carboxylic acids is 1. The van der Waals surface area contributed by atoms with Gasteiger partial charge in [-0.3, -0.25) is 4.79 Å². The molecule has 1 aromatic heterocycles. The van der Waals surface area contributed by atoms with E-state index in [2.05, 4.69) is 10.3 Å². The number of hydrogen-bond donors (Lipinski definition) is 2. The molecule has 0 saturated carbocycles. The highest BCUT2D eigenvalue weighted by atomic mass is 16.5. The van der Waals surface area contributed by atoms with E-state index in [4.69, 9.17) is 9.84 Å². The first-order valence-corrected chi connectivity index (χ1v) is 4.49. The molecule has 6 heteroatoms. The maximum atomic E-state index is 11.0. The highest BCUT2D eigenvalue weighted by Crippen LogP contribution is 2.25. The minimum Gasteiger partial charge on any atom is -0.478 e. The molecule has 0 unspecified atom stereocenters. The van der Waals surface area contributed by atoms with Crippen LogP contribution in [0.25, 0.3) is 6.08 Å². The van der Waals surface area contributed by atoms with Gasteiger partial charge in [0.1, 0.15) is 5.69 Å². The fraction of sp³-hybridized carbons (Fsp3) is 0.100. The van der Waals surface area contributed by atoms with Gasteiger partial charge in [-0.1, -0.05) is 0 Å². The van der Waals surface area contributed by atoms with Crippen molar-refractivity contribution in [2.45, 2.75) is 0 Å². The Kier molecular flexibility index (Phi) is 2.55. The van der Waals surface area contributed by atoms with Crippen molar-refractivity contribution < 1.29 is 19.4 Å². The molecular weight excluding hydrogens is 212 g/mol. The number of carbonyl (C=O) groups is 2. The number of carboxylic acid groups (broad SMARTS) is 1. The quantitative estimate of drug-likeness (QED) is 0.709. The van der Waals surface area contributed by atoms with Crippen molar-refractivity contribution in [3.05, 3.63) is 23.9 Å². The number of pyridine rings is 1. The molecule has 2 heterocycles. The highest BCUT2D eigenvalue weighted by molar-refractivity contribution is 5.95. The van der Waals surface area contributed by atoms with Gasteiger partial charge in [0.25, 0.3) is 5.91 Å². The fourth-order valence-corrected chi connectivity index (χ4v) is 1.25. The van der Waals surface area contributed by atoms with Crippen LogP contribution in [0.1, 0.15) is 5.56 Å². The molecule has 0 spiro atoms. The first kappa shape index (κ1) is 10.2. The molecule has 2 rings (SSSR count). The lowest BCUT2D eigenvalue weighted by Crippen LogP contribution is -2.25. The Morgan fingerprint density at radius 2 is 2.44 bits per heavy atom. The van der Waals surface area contributed by atoms with Gasteiger partial charge in [-0.2, -0.15) is 0 Å². The van der Waals surface area contributed by atoms with Crippen LogP contribution in [0, 0.1) is 0 Å². The van der Waals surface area contributed by atoms with Crippen molar-refractivity contribution in [2.24, 2.45) is 0 Å². The van der Waals surface area contributed by atoms with Crippen LogP contribution in [0.5, 0.6) is 5.88 Å². The molecule has 2 N–H and O–H groups in total. The number of anilines is 1. The zero-order chi connectivity index (χ0) is 11.5. The second-order valence-corrected chi connectivity index (χ2v) is 3.13. The fourth-order valence-electron chi connectivity index (χ4n) is 1.25. The van der Waals surface area contributed by atoms with E-state index in [0.717, 1.165) is 6.08 Å². The number of aromatic nitrogens is 1. The number of hydrogen-bond acceptors (Lipinski definition) is 4. The van der Waals surface area contributed by atoms with Gasteiger partial charge in [0, 0.05) is 12.3 Å². The third-order valence-electron chi connectivity index (χ3n) is 1.90. The number of aliphatic carboxylic acids is 1. The summed E-state index contributed by atoms with van der Waals surface area (Å²) in [6.45, 7) is -0.0513. The van der Waals surface area contributed by atoms with E-state index in [1.54, 1.807) is 6.07 Å². The molecule has 0 radical (unpaired) electrons. The lowest BCUT2D eigenvalue weighted by Gasteiger charge is -2.16. The molecular formula is C10H8N2O4. The summed E-state index contributed by atoms with van der Waals surface area (Å²) in [6, 6.07) is 1.60. The van der Waals surface area contributed by atoms with Crippen LogP contribution in [0.2, 0.25) is 0 Å². The van der Waals surface area contributed by atoms with Gasteiger partial charge in [0.2, 0.25) is 5.88 Å². The number of rotatable bonds is 2. The third-order valence-corrected chi connectivity index (χ3v) is 1.90. The summed E-state index contributed by atoms with van der Waals surface area (Å²) in [4.78, 5) is 25.3. The Morgan fingerprint density at radius 3 is 3.19 bits per heavy atom. The predicted molar refractivity (Wildman–Crippen MR) is 55.0 cm³/mol. The molecule has 0 bridgehead atoms. The summed E-state index contributed by atoms with van der Waals surface area (Å²) >= 11 is 0. The topological polar surface area (TPSA) is 88.5 Å². The van der Waals surface area contributed by atoms with Gasteiger partial charge >= 0.3 is 5.97 Å². The van der Waals surface area contributed by atoms with E-state index >= 15 is 0 Å². The maximum absolute atomic E-state index is 11.0. The Morgan fingerprint density at radius 1 is 1.62 bits per heavy atom. The average Bonchev–Trinajstić information content (AvgIpc) is 2.25. The maximum Gasteiger partial charge on any atom is 0.328 e. The number of fused-ring (bicyclic) bond motifs is 1. The smallest absolute Gasteiger partial charge is 0.328 e. The Labute approximate surface area is 90.6 Å². The van der Waals surface area contributed by atoms with E-state index in [9.17, 15) is 9.59 Å². The molecule has 82 valence electrons. The zero-order valence-electron chi connectivity index (χ0n) is 8.14. The molecule has 1 aromatic rings. The number of nitrogens with zero attached hydrogens (tertiary/aromatic N) is 1. The van der Waals surface area contributed by atoms with Crippen molar-refractivity contribution in [2.75, 3.05) is 11.9 Å². The molecule has 0 fully saturated rings. The van der Waals surface area contributed by atoms with Gasteiger partial charge < -0.3 is 15.2 Å². The summed E-state index contributed by atoms with van der Waals surface area (Å²) in [7, 11) is 0. The van der Waals surface area contributed by atoms with Crippen LogP contribution in [-0.2, 0) is 9.59 Å². The molecule has 6 nitrogen and oxygen atoms in total. The monoisotopic (exact) mass is 220 g/mol. The Balaban J connectivity index is 2.27. The molecule has 1 amide bonds. The number of amides is 1. The van der Waals surface area contributed by atoms with Crippen LogP contribution in [-0.4, -0.2) is 28.6 Å². The van der Waals surface area contributed by atoms with E-state index in [1.165, 1.54) is 12.3 Å². The van der Waals surface area contributed by atoms with Crippen LogP contribution in [0.3, 0.4) is 0 Å². The summed E-state index contributed by atoms with van der Waals surface area (Å²) in [5.74, 6) is -0.959. The van der Waals surface area contributed by atoms with Crippen molar-refractivity contribution in [3.63, 3.8) is 0 Å². The molecule has 1 aliphatic heterocycles. The summed E-state index contributed by atoms with van der Waals surface area (Å²) in [5, 5.41) is 11.0. The van der Waals surface area contributed by atoms with Crippen molar-refractivity contribution in [1.82, 2.24) is 4.98 Å². The lowest BCUT2D eigenvalue weighted by molar-refractivity contribution is -0.131.